The van der Waals surface area contributed by atoms with Gasteiger partial charge in [-0.15, -0.1) is 23.5 Å². The van der Waals surface area contributed by atoms with Crippen LogP contribution in [-0.2, 0) is 9.59 Å². The van der Waals surface area contributed by atoms with Gasteiger partial charge >= 0.3 is 0 Å². The van der Waals surface area contributed by atoms with Crippen molar-refractivity contribution in [2.24, 2.45) is 0 Å². The van der Waals surface area contributed by atoms with E-state index in [1.54, 1.807) is 23.5 Å². The number of benzene rings is 1. The van der Waals surface area contributed by atoms with Gasteiger partial charge in [-0.25, -0.2) is 0 Å². The predicted molar refractivity (Wildman–Crippen MR) is 129 cm³/mol. The zero-order valence-electron chi connectivity index (χ0n) is 17.3. The van der Waals surface area contributed by atoms with Crippen LogP contribution in [0.1, 0.15) is 69.8 Å². The van der Waals surface area contributed by atoms with Gasteiger partial charge in [-0.3, -0.25) is 14.9 Å². The number of thiol groups is 1. The molecule has 3 atom stereocenters. The maximum absolute atomic E-state index is 13.2. The lowest BCUT2D eigenvalue weighted by Crippen LogP contribution is -2.66. The van der Waals surface area contributed by atoms with Gasteiger partial charge in [0, 0.05) is 5.92 Å². The first-order valence-electron chi connectivity index (χ1n) is 10.9. The Morgan fingerprint density at radius 3 is 2.34 bits per heavy atom. The van der Waals surface area contributed by atoms with Crippen LogP contribution in [0, 0.1) is 0 Å². The van der Waals surface area contributed by atoms with Crippen molar-refractivity contribution in [1.82, 2.24) is 5.32 Å². The molecule has 0 radical (unpaired) electrons. The third-order valence-corrected chi connectivity index (χ3v) is 10.1. The van der Waals surface area contributed by atoms with Crippen LogP contribution in [0.5, 0.6) is 0 Å². The van der Waals surface area contributed by atoms with Crippen LogP contribution in [0.2, 0.25) is 0 Å². The number of carbonyl (C=O) groups excluding carboxylic acids is 2. The van der Waals surface area contributed by atoms with E-state index in [1.807, 2.05) is 18.2 Å². The van der Waals surface area contributed by atoms with E-state index in [-0.39, 0.29) is 17.7 Å². The van der Waals surface area contributed by atoms with E-state index in [0.29, 0.717) is 0 Å². The summed E-state index contributed by atoms with van der Waals surface area (Å²) in [6, 6.07) is 10.3. The van der Waals surface area contributed by atoms with E-state index < -0.39 is 9.49 Å². The third kappa shape index (κ3) is 4.40. The maximum atomic E-state index is 13.2. The second-order valence-electron chi connectivity index (χ2n) is 8.06. The number of amides is 2. The summed E-state index contributed by atoms with van der Waals surface area (Å²) in [5.74, 6) is 2.75. The fourth-order valence-corrected chi connectivity index (χ4v) is 8.46. The number of thioether (sulfide) groups is 2. The Bertz CT molecular complexity index is 699. The van der Waals surface area contributed by atoms with Gasteiger partial charge in [0.15, 0.2) is 0 Å². The molecule has 2 fully saturated rings. The molecule has 1 aromatic rings. The average molecular weight is 452 g/mol. The quantitative estimate of drug-likeness (QED) is 0.238. The molecule has 1 saturated carbocycles. The Labute approximate surface area is 189 Å². The second-order valence-corrected chi connectivity index (χ2v) is 11.2. The topological polar surface area (TPSA) is 46.2 Å². The highest BCUT2D eigenvalue weighted by Crippen LogP contribution is 2.68. The molecule has 29 heavy (non-hydrogen) atoms. The van der Waals surface area contributed by atoms with Crippen molar-refractivity contribution in [3.8, 4) is 0 Å². The molecule has 0 spiro atoms. The van der Waals surface area contributed by atoms with Crippen LogP contribution in [0.3, 0.4) is 0 Å². The molecule has 1 aliphatic heterocycles. The third-order valence-electron chi connectivity index (χ3n) is 6.19. The highest BCUT2D eigenvalue weighted by Gasteiger charge is 2.77. The summed E-state index contributed by atoms with van der Waals surface area (Å²) in [7, 11) is 0. The van der Waals surface area contributed by atoms with Crippen molar-refractivity contribution in [3.63, 3.8) is 0 Å². The fraction of sp³-hybridized carbons (Fsp3) is 0.652. The summed E-state index contributed by atoms with van der Waals surface area (Å²) < 4.78 is -1.27. The van der Waals surface area contributed by atoms with Crippen LogP contribution < -0.4 is 5.32 Å². The Morgan fingerprint density at radius 2 is 1.66 bits per heavy atom. The number of imide groups is 1. The number of carbonyl (C=O) groups is 2. The Morgan fingerprint density at radius 1 is 0.966 bits per heavy atom. The van der Waals surface area contributed by atoms with Gasteiger partial charge in [0.05, 0.1) is 0 Å². The molecule has 1 heterocycles. The summed E-state index contributed by atoms with van der Waals surface area (Å²) in [6.45, 7) is 2.21. The van der Waals surface area contributed by atoms with Crippen LogP contribution in [0.15, 0.2) is 30.3 Å². The highest BCUT2D eigenvalue weighted by atomic mass is 32.2. The standard InChI is InChI=1S/C23H33NO2S3/c1-2-3-4-10-16-29-23-19(18-12-7-5-8-13-18)17-22(23,20(25)24-21(23)26)28-15-11-6-9-14-27/h5,7-8,12-13,19,27H,2-4,6,9-11,14-17H2,1H3,(H,24,25,26)/t19-,22+,23-/m1/s1. The van der Waals surface area contributed by atoms with Crippen molar-refractivity contribution in [3.05, 3.63) is 35.9 Å². The normalized spacial score (nSPS) is 28.1. The number of hydrogen-bond donors (Lipinski definition) is 2. The molecule has 3 nitrogen and oxygen atoms in total. The zero-order chi connectivity index (χ0) is 20.7. The zero-order valence-corrected chi connectivity index (χ0v) is 19.8. The smallest absolute Gasteiger partial charge is 0.245 e. The molecule has 2 amide bonds. The monoisotopic (exact) mass is 451 g/mol. The van der Waals surface area contributed by atoms with E-state index in [1.165, 1.54) is 24.8 Å². The van der Waals surface area contributed by atoms with Gasteiger partial charge < -0.3 is 0 Å². The van der Waals surface area contributed by atoms with Crippen molar-refractivity contribution in [1.29, 1.82) is 0 Å². The van der Waals surface area contributed by atoms with Crippen molar-refractivity contribution in [2.45, 2.75) is 73.7 Å². The van der Waals surface area contributed by atoms with Gasteiger partial charge in [-0.05, 0) is 48.5 Å². The minimum absolute atomic E-state index is 0.0602. The van der Waals surface area contributed by atoms with Gasteiger partial charge in [0.25, 0.3) is 0 Å². The SMILES string of the molecule is CCCCCCS[C@]12C(=O)NC(=O)[C@@]1(SCCCCCS)C[C@@H]2c1ccccc1. The summed E-state index contributed by atoms with van der Waals surface area (Å²) in [5.41, 5.74) is 1.18. The van der Waals surface area contributed by atoms with Gasteiger partial charge in [-0.2, -0.15) is 12.6 Å². The molecule has 0 aromatic heterocycles. The second kappa shape index (κ2) is 10.6. The molecule has 2 aliphatic rings. The van der Waals surface area contributed by atoms with Crippen LogP contribution in [0.25, 0.3) is 0 Å². The Balaban J connectivity index is 1.80. The van der Waals surface area contributed by atoms with Crippen LogP contribution >= 0.6 is 36.2 Å². The molecule has 0 unspecified atom stereocenters. The van der Waals surface area contributed by atoms with Gasteiger partial charge in [-0.1, -0.05) is 62.9 Å². The van der Waals surface area contributed by atoms with Crippen LogP contribution in [0.4, 0.5) is 0 Å². The summed E-state index contributed by atoms with van der Waals surface area (Å²) in [6.07, 6.45) is 8.78. The first-order chi connectivity index (χ1) is 14.1. The van der Waals surface area contributed by atoms with Crippen molar-refractivity contribution in [2.75, 3.05) is 17.3 Å². The first kappa shape index (κ1) is 23.1. The maximum Gasteiger partial charge on any atom is 0.245 e. The number of nitrogens with one attached hydrogen (secondary N) is 1. The summed E-state index contributed by atoms with van der Waals surface area (Å²) >= 11 is 7.77. The number of fused-ring (bicyclic) bond motifs is 1. The molecule has 1 N–H and O–H groups in total. The molecule has 3 rings (SSSR count). The summed E-state index contributed by atoms with van der Waals surface area (Å²) in [4.78, 5) is 26.3. The molecule has 160 valence electrons. The lowest BCUT2D eigenvalue weighted by atomic mass is 9.61. The molecule has 1 aromatic carbocycles. The lowest BCUT2D eigenvalue weighted by Gasteiger charge is -2.56. The number of hydrogen-bond acceptors (Lipinski definition) is 5. The van der Waals surface area contributed by atoms with Crippen molar-refractivity contribution >= 4 is 48.0 Å². The van der Waals surface area contributed by atoms with E-state index in [2.05, 4.69) is 37.0 Å². The molecule has 0 bridgehead atoms. The lowest BCUT2D eigenvalue weighted by molar-refractivity contribution is -0.125. The predicted octanol–water partition coefficient (Wildman–Crippen LogP) is 5.45. The minimum Gasteiger partial charge on any atom is -0.294 e. The Kier molecular flexibility index (Phi) is 8.46. The molecule has 1 aliphatic carbocycles. The Hall–Kier alpha value is -0.590. The van der Waals surface area contributed by atoms with Crippen LogP contribution in [-0.4, -0.2) is 38.6 Å². The van der Waals surface area contributed by atoms with Gasteiger partial charge in [0.1, 0.15) is 9.49 Å². The van der Waals surface area contributed by atoms with E-state index in [4.69, 9.17) is 0 Å². The molecular formula is C23H33NO2S3. The minimum atomic E-state index is -0.661. The number of unbranched alkanes of at least 4 members (excludes halogenated alkanes) is 5. The van der Waals surface area contributed by atoms with Crippen molar-refractivity contribution < 1.29 is 9.59 Å². The number of rotatable bonds is 13. The molecule has 1 saturated heterocycles. The van der Waals surface area contributed by atoms with Gasteiger partial charge in [0.2, 0.25) is 11.8 Å². The fourth-order valence-electron chi connectivity index (χ4n) is 4.58. The average Bonchev–Trinajstić information content (AvgIpc) is 2.86. The first-order valence-corrected chi connectivity index (χ1v) is 13.5. The summed E-state index contributed by atoms with van der Waals surface area (Å²) in [5, 5.41) is 2.73. The highest BCUT2D eigenvalue weighted by molar-refractivity contribution is 8.06. The van der Waals surface area contributed by atoms with E-state index in [9.17, 15) is 9.59 Å². The molecular weight excluding hydrogens is 418 g/mol. The van der Waals surface area contributed by atoms with E-state index >= 15 is 0 Å². The van der Waals surface area contributed by atoms with E-state index in [0.717, 1.165) is 49.4 Å². The largest absolute Gasteiger partial charge is 0.294 e. The molecule has 6 heteroatoms.